The van der Waals surface area contributed by atoms with Crippen molar-refractivity contribution in [2.75, 3.05) is 39.3 Å². The Hall–Kier alpha value is -1.62. The highest BCUT2D eigenvalue weighted by atomic mass is 19.1. The predicted molar refractivity (Wildman–Crippen MR) is 104 cm³/mol. The summed E-state index contributed by atoms with van der Waals surface area (Å²) in [7, 11) is 0. The van der Waals surface area contributed by atoms with Crippen LogP contribution in [0.1, 0.15) is 37.8 Å². The first-order chi connectivity index (χ1) is 12.1. The molecule has 5 heteroatoms. The van der Waals surface area contributed by atoms with Crippen LogP contribution in [-0.4, -0.2) is 50.1 Å². The van der Waals surface area contributed by atoms with Crippen molar-refractivity contribution in [3.05, 3.63) is 35.1 Å². The van der Waals surface area contributed by atoms with Crippen LogP contribution in [0, 0.1) is 18.7 Å². The molecule has 25 heavy (non-hydrogen) atoms. The fourth-order valence-electron chi connectivity index (χ4n) is 3.40. The lowest BCUT2D eigenvalue weighted by Gasteiger charge is -2.15. The van der Waals surface area contributed by atoms with Crippen LogP contribution in [0.25, 0.3) is 0 Å². The molecular formula is C20H33FN4. The zero-order valence-electron chi connectivity index (χ0n) is 15.9. The topological polar surface area (TPSA) is 39.7 Å². The molecule has 1 fully saturated rings. The highest BCUT2D eigenvalue weighted by molar-refractivity contribution is 5.79. The third kappa shape index (κ3) is 6.65. The maximum atomic E-state index is 13.2. The van der Waals surface area contributed by atoms with Gasteiger partial charge in [0, 0.05) is 26.2 Å². The third-order valence-corrected chi connectivity index (χ3v) is 4.75. The maximum absolute atomic E-state index is 13.2. The Morgan fingerprint density at radius 3 is 2.88 bits per heavy atom. The predicted octanol–water partition coefficient (Wildman–Crippen LogP) is 2.96. The molecule has 2 rings (SSSR count). The van der Waals surface area contributed by atoms with Crippen molar-refractivity contribution >= 4 is 5.96 Å². The van der Waals surface area contributed by atoms with Crippen LogP contribution in [-0.2, 0) is 6.42 Å². The molecule has 1 aliphatic heterocycles. The summed E-state index contributed by atoms with van der Waals surface area (Å²) < 4.78 is 13.2. The minimum atomic E-state index is -0.169. The van der Waals surface area contributed by atoms with Crippen LogP contribution in [0.3, 0.4) is 0 Å². The Morgan fingerprint density at radius 1 is 1.32 bits per heavy atom. The summed E-state index contributed by atoms with van der Waals surface area (Å²) >= 11 is 0. The summed E-state index contributed by atoms with van der Waals surface area (Å²) in [5.74, 6) is 1.38. The zero-order chi connectivity index (χ0) is 18.1. The van der Waals surface area contributed by atoms with Gasteiger partial charge in [-0.2, -0.15) is 0 Å². The number of benzene rings is 1. The number of aryl methyl sites for hydroxylation is 1. The van der Waals surface area contributed by atoms with E-state index in [1.54, 1.807) is 6.07 Å². The van der Waals surface area contributed by atoms with Gasteiger partial charge in [-0.25, -0.2) is 4.39 Å². The Morgan fingerprint density at radius 2 is 2.16 bits per heavy atom. The zero-order valence-corrected chi connectivity index (χ0v) is 15.9. The van der Waals surface area contributed by atoms with E-state index in [1.165, 1.54) is 44.1 Å². The van der Waals surface area contributed by atoms with E-state index in [9.17, 15) is 4.39 Å². The van der Waals surface area contributed by atoms with Crippen molar-refractivity contribution < 1.29 is 4.39 Å². The number of likely N-dealkylation sites (tertiary alicyclic amines) is 1. The first kappa shape index (κ1) is 19.7. The van der Waals surface area contributed by atoms with Gasteiger partial charge in [0.1, 0.15) is 5.82 Å². The summed E-state index contributed by atoms with van der Waals surface area (Å²) in [5, 5.41) is 6.72. The molecule has 2 N–H and O–H groups in total. The van der Waals surface area contributed by atoms with Gasteiger partial charge in [-0.15, -0.1) is 0 Å². The molecule has 0 aliphatic carbocycles. The average Bonchev–Trinajstić information content (AvgIpc) is 3.02. The van der Waals surface area contributed by atoms with Crippen LogP contribution in [0.5, 0.6) is 0 Å². The van der Waals surface area contributed by atoms with Crippen molar-refractivity contribution in [3.63, 3.8) is 0 Å². The lowest BCUT2D eigenvalue weighted by molar-refractivity contribution is 0.326. The second kappa shape index (κ2) is 10.4. The van der Waals surface area contributed by atoms with E-state index >= 15 is 0 Å². The molecule has 0 spiro atoms. The van der Waals surface area contributed by atoms with Crippen LogP contribution in [0.4, 0.5) is 4.39 Å². The molecule has 4 nitrogen and oxygen atoms in total. The summed E-state index contributed by atoms with van der Waals surface area (Å²) in [5.41, 5.74) is 2.18. The molecule has 1 aromatic carbocycles. The molecule has 0 bridgehead atoms. The first-order valence-electron chi connectivity index (χ1n) is 9.62. The monoisotopic (exact) mass is 348 g/mol. The van der Waals surface area contributed by atoms with Crippen molar-refractivity contribution in [1.82, 2.24) is 15.5 Å². The van der Waals surface area contributed by atoms with Gasteiger partial charge in [0.25, 0.3) is 0 Å². The summed E-state index contributed by atoms with van der Waals surface area (Å²) in [6.07, 6.45) is 3.34. The Labute approximate surface area is 151 Å². The Bertz CT molecular complexity index is 559. The molecule has 1 heterocycles. The molecule has 0 radical (unpaired) electrons. The molecular weight excluding hydrogens is 315 g/mol. The van der Waals surface area contributed by atoms with Gasteiger partial charge in [0.05, 0.1) is 0 Å². The van der Waals surface area contributed by atoms with E-state index in [0.29, 0.717) is 5.92 Å². The summed E-state index contributed by atoms with van der Waals surface area (Å²) in [6.45, 7) is 12.4. The van der Waals surface area contributed by atoms with Crippen molar-refractivity contribution in [2.45, 2.75) is 40.0 Å². The van der Waals surface area contributed by atoms with Gasteiger partial charge >= 0.3 is 0 Å². The van der Waals surface area contributed by atoms with Gasteiger partial charge in [0.15, 0.2) is 5.96 Å². The number of guanidine groups is 1. The molecule has 1 saturated heterocycles. The van der Waals surface area contributed by atoms with Gasteiger partial charge < -0.3 is 15.5 Å². The van der Waals surface area contributed by atoms with E-state index in [1.807, 2.05) is 13.0 Å². The molecule has 1 aliphatic rings. The number of nitrogens with one attached hydrogen (secondary N) is 2. The fraction of sp³-hybridized carbons (Fsp3) is 0.650. The van der Waals surface area contributed by atoms with Gasteiger partial charge in [-0.1, -0.05) is 13.0 Å². The van der Waals surface area contributed by atoms with Crippen LogP contribution < -0.4 is 10.6 Å². The van der Waals surface area contributed by atoms with Gasteiger partial charge in [0.2, 0.25) is 0 Å². The minimum Gasteiger partial charge on any atom is -0.357 e. The molecule has 1 atom stereocenters. The largest absolute Gasteiger partial charge is 0.357 e. The minimum absolute atomic E-state index is 0.169. The second-order valence-corrected chi connectivity index (χ2v) is 6.92. The standard InChI is InChI=1S/C20H33FN4/c1-4-11-25-12-9-17(15-25)14-24-20(22-5-2)23-10-8-18-6-7-19(21)13-16(18)3/h6-7,13,17H,4-5,8-12,14-15H2,1-3H3,(H2,22,23,24). The highest BCUT2D eigenvalue weighted by Crippen LogP contribution is 2.16. The van der Waals surface area contributed by atoms with Crippen molar-refractivity contribution in [2.24, 2.45) is 10.9 Å². The Balaban J connectivity index is 1.79. The van der Waals surface area contributed by atoms with Gasteiger partial charge in [-0.05, 0) is 75.4 Å². The number of hydrogen-bond acceptors (Lipinski definition) is 2. The smallest absolute Gasteiger partial charge is 0.191 e. The first-order valence-corrected chi connectivity index (χ1v) is 9.62. The maximum Gasteiger partial charge on any atom is 0.191 e. The molecule has 0 saturated carbocycles. The van der Waals surface area contributed by atoms with Crippen LogP contribution >= 0.6 is 0 Å². The second-order valence-electron chi connectivity index (χ2n) is 6.92. The van der Waals surface area contributed by atoms with Crippen molar-refractivity contribution in [1.29, 1.82) is 0 Å². The average molecular weight is 349 g/mol. The molecule has 140 valence electrons. The normalized spacial score (nSPS) is 18.6. The number of rotatable bonds is 8. The fourth-order valence-corrected chi connectivity index (χ4v) is 3.40. The highest BCUT2D eigenvalue weighted by Gasteiger charge is 2.21. The van der Waals surface area contributed by atoms with E-state index in [0.717, 1.165) is 37.6 Å². The lowest BCUT2D eigenvalue weighted by atomic mass is 10.1. The van der Waals surface area contributed by atoms with Gasteiger partial charge in [-0.3, -0.25) is 4.99 Å². The molecule has 0 aromatic heterocycles. The van der Waals surface area contributed by atoms with E-state index in [4.69, 9.17) is 4.99 Å². The summed E-state index contributed by atoms with van der Waals surface area (Å²) in [6, 6.07) is 5.00. The molecule has 1 aromatic rings. The third-order valence-electron chi connectivity index (χ3n) is 4.75. The van der Waals surface area contributed by atoms with E-state index < -0.39 is 0 Å². The lowest BCUT2D eigenvalue weighted by Crippen LogP contribution is -2.38. The molecule has 0 amide bonds. The molecule has 1 unspecified atom stereocenters. The quantitative estimate of drug-likeness (QED) is 0.560. The number of nitrogens with zero attached hydrogens (tertiary/aromatic N) is 2. The van der Waals surface area contributed by atoms with Crippen LogP contribution in [0.15, 0.2) is 23.2 Å². The SMILES string of the molecule is CCCN1CCC(CN=C(NCC)NCCc2ccc(F)cc2C)C1. The Kier molecular flexibility index (Phi) is 8.19. The van der Waals surface area contributed by atoms with Crippen molar-refractivity contribution in [3.8, 4) is 0 Å². The van der Waals surface area contributed by atoms with E-state index in [2.05, 4.69) is 29.4 Å². The van der Waals surface area contributed by atoms with Crippen LogP contribution in [0.2, 0.25) is 0 Å². The number of aliphatic imine (C=N–C) groups is 1. The number of hydrogen-bond donors (Lipinski definition) is 2. The summed E-state index contributed by atoms with van der Waals surface area (Å²) in [4.78, 5) is 7.31. The van der Waals surface area contributed by atoms with E-state index in [-0.39, 0.29) is 5.82 Å². The number of halogens is 1.